The van der Waals surface area contributed by atoms with Crippen molar-refractivity contribution in [3.8, 4) is 11.3 Å². The third kappa shape index (κ3) is 2.69. The van der Waals surface area contributed by atoms with Crippen molar-refractivity contribution in [2.75, 3.05) is 5.32 Å². The second-order valence-corrected chi connectivity index (χ2v) is 4.66. The summed E-state index contributed by atoms with van der Waals surface area (Å²) >= 11 is 0. The average Bonchev–Trinajstić information content (AvgIpc) is 3.03. The molecule has 0 aliphatic rings. The van der Waals surface area contributed by atoms with Gasteiger partial charge in [0.25, 0.3) is 0 Å². The number of nitrogens with one attached hydrogen (secondary N) is 2. The van der Waals surface area contributed by atoms with Crippen molar-refractivity contribution in [3.05, 3.63) is 66.9 Å². The molecule has 100 valence electrons. The maximum absolute atomic E-state index is 4.36. The first-order valence-corrected chi connectivity index (χ1v) is 6.59. The Kier molecular flexibility index (Phi) is 3.46. The van der Waals surface area contributed by atoms with Gasteiger partial charge in [0.1, 0.15) is 0 Å². The molecule has 1 aromatic carbocycles. The highest BCUT2D eigenvalue weighted by Crippen LogP contribution is 2.21. The number of pyridine rings is 1. The Bertz CT molecular complexity index is 645. The fourth-order valence-corrected chi connectivity index (χ4v) is 2.12. The van der Waals surface area contributed by atoms with Crippen molar-refractivity contribution in [3.63, 3.8) is 0 Å². The van der Waals surface area contributed by atoms with Crippen LogP contribution < -0.4 is 5.32 Å². The molecule has 4 nitrogen and oxygen atoms in total. The van der Waals surface area contributed by atoms with E-state index in [1.54, 1.807) is 6.33 Å². The van der Waals surface area contributed by atoms with E-state index in [-0.39, 0.29) is 6.04 Å². The summed E-state index contributed by atoms with van der Waals surface area (Å²) in [5, 5.41) is 3.44. The van der Waals surface area contributed by atoms with Crippen molar-refractivity contribution in [2.45, 2.75) is 13.0 Å². The van der Waals surface area contributed by atoms with Gasteiger partial charge in [0.05, 0.1) is 30.0 Å². The second kappa shape index (κ2) is 5.57. The van der Waals surface area contributed by atoms with E-state index in [4.69, 9.17) is 0 Å². The number of aromatic amines is 1. The van der Waals surface area contributed by atoms with Crippen LogP contribution in [0.1, 0.15) is 18.7 Å². The molecule has 2 N–H and O–H groups in total. The normalized spacial score (nSPS) is 12.1. The Hall–Kier alpha value is -2.62. The van der Waals surface area contributed by atoms with E-state index in [0.29, 0.717) is 0 Å². The molecule has 0 amide bonds. The molecule has 20 heavy (non-hydrogen) atoms. The topological polar surface area (TPSA) is 53.6 Å². The summed E-state index contributed by atoms with van der Waals surface area (Å²) in [5.41, 5.74) is 4.25. The first kappa shape index (κ1) is 12.4. The molecule has 1 atom stereocenters. The quantitative estimate of drug-likeness (QED) is 0.756. The molecule has 0 fully saturated rings. The zero-order valence-electron chi connectivity index (χ0n) is 11.2. The van der Waals surface area contributed by atoms with Crippen molar-refractivity contribution in [2.24, 2.45) is 0 Å². The van der Waals surface area contributed by atoms with Gasteiger partial charge in [0.2, 0.25) is 0 Å². The van der Waals surface area contributed by atoms with Gasteiger partial charge < -0.3 is 10.3 Å². The predicted molar refractivity (Wildman–Crippen MR) is 80.3 cm³/mol. The molecule has 0 saturated carbocycles. The third-order valence-corrected chi connectivity index (χ3v) is 3.21. The van der Waals surface area contributed by atoms with E-state index < -0.39 is 0 Å². The van der Waals surface area contributed by atoms with Crippen LogP contribution in [0.3, 0.4) is 0 Å². The minimum Gasteiger partial charge on any atom is -0.377 e. The zero-order valence-corrected chi connectivity index (χ0v) is 11.2. The molecule has 0 aliphatic carbocycles. The molecule has 0 saturated heterocycles. The number of anilines is 1. The van der Waals surface area contributed by atoms with Crippen molar-refractivity contribution >= 4 is 5.69 Å². The number of rotatable bonds is 4. The van der Waals surface area contributed by atoms with Gasteiger partial charge in [0, 0.05) is 11.9 Å². The fraction of sp³-hybridized carbons (Fsp3) is 0.125. The molecule has 0 spiro atoms. The summed E-state index contributed by atoms with van der Waals surface area (Å²) in [7, 11) is 0. The SMILES string of the molecule is CC(Nc1ccc(-c2cnc[nH]2)cc1)c1ccccn1. The fourth-order valence-electron chi connectivity index (χ4n) is 2.12. The van der Waals surface area contributed by atoms with E-state index >= 15 is 0 Å². The molecule has 2 aromatic heterocycles. The lowest BCUT2D eigenvalue weighted by atomic mass is 10.1. The van der Waals surface area contributed by atoms with Crippen LogP contribution in [0.15, 0.2) is 61.2 Å². The predicted octanol–water partition coefficient (Wildman–Crippen LogP) is 3.64. The lowest BCUT2D eigenvalue weighted by Crippen LogP contribution is -2.07. The minimum absolute atomic E-state index is 0.175. The van der Waals surface area contributed by atoms with Crippen molar-refractivity contribution < 1.29 is 0 Å². The first-order chi connectivity index (χ1) is 9.83. The van der Waals surface area contributed by atoms with Gasteiger partial charge in [0.15, 0.2) is 0 Å². The van der Waals surface area contributed by atoms with Crippen molar-refractivity contribution in [1.29, 1.82) is 0 Å². The summed E-state index contributed by atoms with van der Waals surface area (Å²) in [6, 6.07) is 14.4. The van der Waals surface area contributed by atoms with E-state index in [2.05, 4.69) is 51.5 Å². The van der Waals surface area contributed by atoms with Crippen LogP contribution in [-0.2, 0) is 0 Å². The Morgan fingerprint density at radius 1 is 1.10 bits per heavy atom. The number of aromatic nitrogens is 3. The number of H-pyrrole nitrogens is 1. The van der Waals surface area contributed by atoms with Gasteiger partial charge in [-0.15, -0.1) is 0 Å². The summed E-state index contributed by atoms with van der Waals surface area (Å²) in [6.07, 6.45) is 5.32. The summed E-state index contributed by atoms with van der Waals surface area (Å²) in [5.74, 6) is 0. The van der Waals surface area contributed by atoms with Gasteiger partial charge in [-0.3, -0.25) is 4.98 Å². The van der Waals surface area contributed by atoms with Crippen LogP contribution in [0, 0.1) is 0 Å². The second-order valence-electron chi connectivity index (χ2n) is 4.66. The monoisotopic (exact) mass is 264 g/mol. The lowest BCUT2D eigenvalue weighted by Gasteiger charge is -2.14. The largest absolute Gasteiger partial charge is 0.377 e. The average molecular weight is 264 g/mol. The lowest BCUT2D eigenvalue weighted by molar-refractivity contribution is 0.839. The maximum Gasteiger partial charge on any atom is 0.0924 e. The van der Waals surface area contributed by atoms with E-state index in [1.165, 1.54) is 0 Å². The van der Waals surface area contributed by atoms with Gasteiger partial charge in [-0.05, 0) is 36.8 Å². The molecule has 1 unspecified atom stereocenters. The minimum atomic E-state index is 0.175. The molecule has 3 aromatic rings. The number of hydrogen-bond acceptors (Lipinski definition) is 3. The molecule has 0 radical (unpaired) electrons. The highest BCUT2D eigenvalue weighted by Gasteiger charge is 2.06. The van der Waals surface area contributed by atoms with Crippen LogP contribution in [-0.4, -0.2) is 15.0 Å². The zero-order chi connectivity index (χ0) is 13.8. The number of nitrogens with zero attached hydrogens (tertiary/aromatic N) is 2. The van der Waals surface area contributed by atoms with Crippen molar-refractivity contribution in [1.82, 2.24) is 15.0 Å². The molecule has 3 rings (SSSR count). The van der Waals surface area contributed by atoms with Gasteiger partial charge in [-0.1, -0.05) is 18.2 Å². The van der Waals surface area contributed by atoms with Gasteiger partial charge >= 0.3 is 0 Å². The highest BCUT2D eigenvalue weighted by molar-refractivity contribution is 5.62. The van der Waals surface area contributed by atoms with Crippen LogP contribution in [0.25, 0.3) is 11.3 Å². The van der Waals surface area contributed by atoms with Gasteiger partial charge in [-0.2, -0.15) is 0 Å². The van der Waals surface area contributed by atoms with Crippen LogP contribution in [0.4, 0.5) is 5.69 Å². The molecule has 0 aliphatic heterocycles. The Labute approximate surface area is 117 Å². The number of hydrogen-bond donors (Lipinski definition) is 2. The summed E-state index contributed by atoms with van der Waals surface area (Å²) in [4.78, 5) is 11.5. The summed E-state index contributed by atoms with van der Waals surface area (Å²) < 4.78 is 0. The number of imidazole rings is 1. The Morgan fingerprint density at radius 2 is 1.95 bits per heavy atom. The molecule has 0 bridgehead atoms. The molecular weight excluding hydrogens is 248 g/mol. The maximum atomic E-state index is 4.36. The van der Waals surface area contributed by atoms with E-state index in [9.17, 15) is 0 Å². The smallest absolute Gasteiger partial charge is 0.0924 e. The summed E-state index contributed by atoms with van der Waals surface area (Å²) in [6.45, 7) is 2.10. The molecular formula is C16H16N4. The Balaban J connectivity index is 1.72. The van der Waals surface area contributed by atoms with Gasteiger partial charge in [-0.25, -0.2) is 4.98 Å². The first-order valence-electron chi connectivity index (χ1n) is 6.59. The Morgan fingerprint density at radius 3 is 2.60 bits per heavy atom. The molecule has 2 heterocycles. The highest BCUT2D eigenvalue weighted by atomic mass is 14.9. The molecule has 4 heteroatoms. The van der Waals surface area contributed by atoms with Crippen LogP contribution in [0.5, 0.6) is 0 Å². The number of benzene rings is 1. The van der Waals surface area contributed by atoms with Crippen LogP contribution >= 0.6 is 0 Å². The van der Waals surface area contributed by atoms with E-state index in [0.717, 1.165) is 22.6 Å². The standard InChI is InChI=1S/C16H16N4/c1-12(15-4-2-3-9-18-15)20-14-7-5-13(6-8-14)16-10-17-11-19-16/h2-12,20H,1H3,(H,17,19). The van der Waals surface area contributed by atoms with Crippen LogP contribution in [0.2, 0.25) is 0 Å². The third-order valence-electron chi connectivity index (χ3n) is 3.21. The van der Waals surface area contributed by atoms with E-state index in [1.807, 2.05) is 30.6 Å².